The molecule has 6 nitrogen and oxygen atoms in total. The predicted molar refractivity (Wildman–Crippen MR) is 92.3 cm³/mol. The summed E-state index contributed by atoms with van der Waals surface area (Å²) in [7, 11) is 1.65. The lowest BCUT2D eigenvalue weighted by molar-refractivity contribution is -0.130. The van der Waals surface area contributed by atoms with E-state index in [9.17, 15) is 4.79 Å². The molecule has 1 fully saturated rings. The number of carbonyl (C=O) groups is 1. The highest BCUT2D eigenvalue weighted by Gasteiger charge is 2.21. The lowest BCUT2D eigenvalue weighted by Crippen LogP contribution is -2.51. The average molecular weight is 351 g/mol. The third-order valence-electron chi connectivity index (χ3n) is 3.36. The number of rotatable bonds is 6. The monoisotopic (exact) mass is 350 g/mol. The van der Waals surface area contributed by atoms with Crippen LogP contribution in [0.4, 0.5) is 5.82 Å². The summed E-state index contributed by atoms with van der Waals surface area (Å²) >= 11 is 0. The molecule has 1 aromatic heterocycles. The molecule has 1 aliphatic heterocycles. The van der Waals surface area contributed by atoms with Crippen molar-refractivity contribution in [3.63, 3.8) is 0 Å². The molecule has 0 saturated carbocycles. The van der Waals surface area contributed by atoms with Gasteiger partial charge in [0, 0.05) is 46.0 Å². The summed E-state index contributed by atoms with van der Waals surface area (Å²) in [5, 5.41) is 3.08. The molecule has 1 aliphatic rings. The van der Waals surface area contributed by atoms with Crippen LogP contribution < -0.4 is 10.2 Å². The molecule has 1 saturated heterocycles. The van der Waals surface area contributed by atoms with Gasteiger partial charge in [0.25, 0.3) is 0 Å². The zero-order valence-electron chi connectivity index (χ0n) is 12.7. The van der Waals surface area contributed by atoms with Crippen LogP contribution in [0.5, 0.6) is 0 Å². The number of pyridine rings is 1. The van der Waals surface area contributed by atoms with Gasteiger partial charge in [0.1, 0.15) is 5.82 Å². The van der Waals surface area contributed by atoms with Gasteiger partial charge in [0.05, 0.1) is 13.2 Å². The topological polar surface area (TPSA) is 57.7 Å². The highest BCUT2D eigenvalue weighted by atomic mass is 35.5. The average Bonchev–Trinajstić information content (AvgIpc) is 2.52. The number of nitrogens with one attached hydrogen (secondary N) is 1. The maximum absolute atomic E-state index is 12.0. The molecule has 0 atom stereocenters. The Bertz CT molecular complexity index is 415. The van der Waals surface area contributed by atoms with Gasteiger partial charge in [-0.3, -0.25) is 4.79 Å². The Morgan fingerprint density at radius 3 is 2.59 bits per heavy atom. The number of piperazine rings is 1. The highest BCUT2D eigenvalue weighted by molar-refractivity contribution is 5.85. The fourth-order valence-corrected chi connectivity index (χ4v) is 2.21. The van der Waals surface area contributed by atoms with Crippen LogP contribution in [-0.2, 0) is 9.53 Å². The summed E-state index contributed by atoms with van der Waals surface area (Å²) in [6.07, 6.45) is 1.80. The van der Waals surface area contributed by atoms with Crippen LogP contribution in [0.1, 0.15) is 0 Å². The summed E-state index contributed by atoms with van der Waals surface area (Å²) in [4.78, 5) is 20.4. The molecule has 0 aromatic carbocycles. The van der Waals surface area contributed by atoms with Crippen LogP contribution in [0.2, 0.25) is 0 Å². The largest absolute Gasteiger partial charge is 0.383 e. The van der Waals surface area contributed by atoms with E-state index in [1.54, 1.807) is 13.3 Å². The quantitative estimate of drug-likeness (QED) is 0.769. The summed E-state index contributed by atoms with van der Waals surface area (Å²) in [5.41, 5.74) is 0. The Kier molecular flexibility index (Phi) is 10.9. The second-order valence-corrected chi connectivity index (χ2v) is 4.73. The molecule has 0 spiro atoms. The maximum atomic E-state index is 12.0. The maximum Gasteiger partial charge on any atom is 0.236 e. The number of ether oxygens (including phenoxy) is 1. The lowest BCUT2D eigenvalue weighted by Gasteiger charge is -2.35. The van der Waals surface area contributed by atoms with Crippen LogP contribution in [0.25, 0.3) is 0 Å². The number of amides is 1. The molecule has 0 unspecified atom stereocenters. The molecule has 2 rings (SSSR count). The number of hydrogen-bond acceptors (Lipinski definition) is 5. The van der Waals surface area contributed by atoms with Crippen molar-refractivity contribution in [3.05, 3.63) is 24.4 Å². The minimum Gasteiger partial charge on any atom is -0.383 e. The number of methoxy groups -OCH3 is 1. The second-order valence-electron chi connectivity index (χ2n) is 4.73. The molecule has 0 aliphatic carbocycles. The minimum atomic E-state index is 0. The lowest BCUT2D eigenvalue weighted by atomic mass is 10.3. The smallest absolute Gasteiger partial charge is 0.236 e. The molecule has 0 bridgehead atoms. The van der Waals surface area contributed by atoms with E-state index in [2.05, 4.69) is 15.2 Å². The SMILES string of the molecule is COCCNCC(=O)N1CCN(c2ccccn2)CC1.Cl.Cl. The van der Waals surface area contributed by atoms with Crippen molar-refractivity contribution in [1.82, 2.24) is 15.2 Å². The number of aromatic nitrogens is 1. The van der Waals surface area contributed by atoms with Gasteiger partial charge in [-0.15, -0.1) is 24.8 Å². The first-order valence-corrected chi connectivity index (χ1v) is 6.94. The van der Waals surface area contributed by atoms with Crippen LogP contribution in [0.3, 0.4) is 0 Å². The number of carbonyl (C=O) groups excluding carboxylic acids is 1. The molecular formula is C14H24Cl2N4O2. The van der Waals surface area contributed by atoms with Gasteiger partial charge in [-0.2, -0.15) is 0 Å². The van der Waals surface area contributed by atoms with Gasteiger partial charge in [0.15, 0.2) is 0 Å². The highest BCUT2D eigenvalue weighted by Crippen LogP contribution is 2.12. The molecule has 0 radical (unpaired) electrons. The fourth-order valence-electron chi connectivity index (χ4n) is 2.21. The van der Waals surface area contributed by atoms with Crippen molar-refractivity contribution >= 4 is 36.5 Å². The van der Waals surface area contributed by atoms with Gasteiger partial charge in [-0.1, -0.05) is 6.07 Å². The van der Waals surface area contributed by atoms with E-state index in [-0.39, 0.29) is 30.7 Å². The number of nitrogens with zero attached hydrogens (tertiary/aromatic N) is 3. The first-order valence-electron chi connectivity index (χ1n) is 6.94. The standard InChI is InChI=1S/C14H22N4O2.2ClH/c1-20-11-6-15-12-14(19)18-9-7-17(8-10-18)13-4-2-3-5-16-13;;/h2-5,15H,6-12H2,1H3;2*1H. The zero-order valence-corrected chi connectivity index (χ0v) is 14.4. The number of halogens is 2. The zero-order chi connectivity index (χ0) is 14.2. The van der Waals surface area contributed by atoms with Crippen molar-refractivity contribution in [2.24, 2.45) is 0 Å². The van der Waals surface area contributed by atoms with E-state index in [0.29, 0.717) is 19.7 Å². The van der Waals surface area contributed by atoms with Crippen molar-refractivity contribution < 1.29 is 9.53 Å². The first-order chi connectivity index (χ1) is 9.81. The van der Waals surface area contributed by atoms with Gasteiger partial charge >= 0.3 is 0 Å². The summed E-state index contributed by atoms with van der Waals surface area (Å²) < 4.78 is 4.93. The van der Waals surface area contributed by atoms with Crippen molar-refractivity contribution in [2.45, 2.75) is 0 Å². The number of anilines is 1. The van der Waals surface area contributed by atoms with E-state index >= 15 is 0 Å². The molecular weight excluding hydrogens is 327 g/mol. The van der Waals surface area contributed by atoms with E-state index in [0.717, 1.165) is 32.0 Å². The Labute approximate surface area is 144 Å². The minimum absolute atomic E-state index is 0. The summed E-state index contributed by atoms with van der Waals surface area (Å²) in [6.45, 7) is 4.88. The van der Waals surface area contributed by atoms with Crippen molar-refractivity contribution in [1.29, 1.82) is 0 Å². The van der Waals surface area contributed by atoms with E-state index in [1.165, 1.54) is 0 Å². The fraction of sp³-hybridized carbons (Fsp3) is 0.571. The van der Waals surface area contributed by atoms with Crippen molar-refractivity contribution in [3.8, 4) is 0 Å². The predicted octanol–water partition coefficient (Wildman–Crippen LogP) is 0.810. The molecule has 1 N–H and O–H groups in total. The van der Waals surface area contributed by atoms with Crippen LogP contribution in [0.15, 0.2) is 24.4 Å². The van der Waals surface area contributed by atoms with E-state index < -0.39 is 0 Å². The second kappa shape index (κ2) is 11.5. The Morgan fingerprint density at radius 2 is 2.00 bits per heavy atom. The number of hydrogen-bond donors (Lipinski definition) is 1. The van der Waals surface area contributed by atoms with Crippen LogP contribution in [-0.4, -0.2) is 68.8 Å². The van der Waals surface area contributed by atoms with Gasteiger partial charge in [-0.05, 0) is 12.1 Å². The van der Waals surface area contributed by atoms with Gasteiger partial charge in [0.2, 0.25) is 5.91 Å². The third-order valence-corrected chi connectivity index (χ3v) is 3.36. The van der Waals surface area contributed by atoms with E-state index in [4.69, 9.17) is 4.74 Å². The van der Waals surface area contributed by atoms with Gasteiger partial charge < -0.3 is 19.9 Å². The summed E-state index contributed by atoms with van der Waals surface area (Å²) in [6, 6.07) is 5.90. The molecule has 22 heavy (non-hydrogen) atoms. The Balaban J connectivity index is 0.00000220. The molecule has 8 heteroatoms. The molecule has 1 aromatic rings. The Morgan fingerprint density at radius 1 is 1.27 bits per heavy atom. The van der Waals surface area contributed by atoms with Crippen LogP contribution >= 0.6 is 24.8 Å². The van der Waals surface area contributed by atoms with E-state index in [1.807, 2.05) is 23.1 Å². The van der Waals surface area contributed by atoms with Gasteiger partial charge in [-0.25, -0.2) is 4.98 Å². The Hall–Kier alpha value is -1.08. The molecule has 126 valence electrons. The van der Waals surface area contributed by atoms with Crippen LogP contribution in [0, 0.1) is 0 Å². The normalized spacial score (nSPS) is 14.0. The molecule has 1 amide bonds. The summed E-state index contributed by atoms with van der Waals surface area (Å²) in [5.74, 6) is 1.14. The molecule has 2 heterocycles. The first kappa shape index (κ1) is 20.9. The third kappa shape index (κ3) is 6.36. The van der Waals surface area contributed by atoms with Crippen molar-refractivity contribution in [2.75, 3.05) is 57.9 Å².